The lowest BCUT2D eigenvalue weighted by atomic mass is 9.80. The number of amides is 1. The van der Waals surface area contributed by atoms with E-state index >= 15 is 0 Å². The Labute approximate surface area is 86.6 Å². The third-order valence-corrected chi connectivity index (χ3v) is 3.29. The fourth-order valence-electron chi connectivity index (χ4n) is 2.27. The summed E-state index contributed by atoms with van der Waals surface area (Å²) in [6.45, 7) is 4.00. The van der Waals surface area contributed by atoms with Gasteiger partial charge in [-0.15, -0.1) is 0 Å². The first-order valence-electron chi connectivity index (χ1n) is 5.59. The molecule has 14 heavy (non-hydrogen) atoms. The van der Waals surface area contributed by atoms with Gasteiger partial charge in [-0.3, -0.25) is 4.79 Å². The number of hydrogen-bond donors (Lipinski definition) is 1. The molecule has 2 nitrogen and oxygen atoms in total. The Hall–Kier alpha value is -0.790. The van der Waals surface area contributed by atoms with Crippen molar-refractivity contribution in [3.63, 3.8) is 0 Å². The van der Waals surface area contributed by atoms with Crippen molar-refractivity contribution in [2.75, 3.05) is 0 Å². The average Bonchev–Trinajstić information content (AvgIpc) is 2.19. The minimum absolute atomic E-state index is 0.285. The molecule has 0 aromatic rings. The van der Waals surface area contributed by atoms with E-state index in [0.717, 1.165) is 5.92 Å². The van der Waals surface area contributed by atoms with Gasteiger partial charge in [0.2, 0.25) is 5.91 Å². The largest absolute Gasteiger partial charge is 0.366 e. The van der Waals surface area contributed by atoms with E-state index < -0.39 is 0 Å². The smallest absolute Gasteiger partial charge is 0.244 e. The molecule has 1 aliphatic carbocycles. The molecule has 1 rings (SSSR count). The van der Waals surface area contributed by atoms with Gasteiger partial charge in [-0.05, 0) is 31.6 Å². The molecule has 1 amide bonds. The first-order valence-corrected chi connectivity index (χ1v) is 5.59. The number of hydrogen-bond acceptors (Lipinski definition) is 1. The predicted octanol–water partition coefficient (Wildman–Crippen LogP) is 2.63. The Morgan fingerprint density at radius 1 is 1.36 bits per heavy atom. The van der Waals surface area contributed by atoms with E-state index in [4.69, 9.17) is 5.73 Å². The molecule has 0 aromatic carbocycles. The van der Waals surface area contributed by atoms with Crippen molar-refractivity contribution in [3.8, 4) is 0 Å². The second kappa shape index (κ2) is 5.18. The minimum atomic E-state index is -0.285. The van der Waals surface area contributed by atoms with Crippen molar-refractivity contribution in [2.24, 2.45) is 17.6 Å². The van der Waals surface area contributed by atoms with Crippen LogP contribution >= 0.6 is 0 Å². The molecular weight excluding hydrogens is 174 g/mol. The van der Waals surface area contributed by atoms with E-state index in [-0.39, 0.29) is 5.91 Å². The van der Waals surface area contributed by atoms with Crippen LogP contribution in [0.1, 0.15) is 46.0 Å². The summed E-state index contributed by atoms with van der Waals surface area (Å²) < 4.78 is 0. The summed E-state index contributed by atoms with van der Waals surface area (Å²) in [7, 11) is 0. The number of primary amides is 1. The summed E-state index contributed by atoms with van der Waals surface area (Å²) in [5.74, 6) is 0.980. The highest BCUT2D eigenvalue weighted by atomic mass is 16.1. The van der Waals surface area contributed by atoms with Crippen molar-refractivity contribution < 1.29 is 4.79 Å². The molecule has 0 aliphatic heterocycles. The summed E-state index contributed by atoms with van der Waals surface area (Å²) >= 11 is 0. The van der Waals surface area contributed by atoms with Gasteiger partial charge < -0.3 is 5.73 Å². The van der Waals surface area contributed by atoms with Crippen molar-refractivity contribution in [1.29, 1.82) is 0 Å². The summed E-state index contributed by atoms with van der Waals surface area (Å²) in [5, 5.41) is 0. The molecule has 2 heteroatoms. The van der Waals surface area contributed by atoms with Crippen molar-refractivity contribution in [3.05, 3.63) is 11.6 Å². The van der Waals surface area contributed by atoms with E-state index in [0.29, 0.717) is 11.5 Å². The van der Waals surface area contributed by atoms with Crippen LogP contribution in [0.3, 0.4) is 0 Å². The zero-order valence-electron chi connectivity index (χ0n) is 9.25. The van der Waals surface area contributed by atoms with Crippen LogP contribution in [0.25, 0.3) is 0 Å². The van der Waals surface area contributed by atoms with Gasteiger partial charge in [-0.25, -0.2) is 0 Å². The molecule has 0 spiro atoms. The Morgan fingerprint density at radius 2 is 1.93 bits per heavy atom. The van der Waals surface area contributed by atoms with Crippen LogP contribution in [0.2, 0.25) is 0 Å². The number of rotatable bonds is 3. The molecule has 2 N–H and O–H groups in total. The average molecular weight is 195 g/mol. The Bertz CT molecular complexity index is 226. The van der Waals surface area contributed by atoms with Crippen molar-refractivity contribution >= 4 is 5.91 Å². The lowest BCUT2D eigenvalue weighted by Gasteiger charge is -2.25. The van der Waals surface area contributed by atoms with Gasteiger partial charge in [0, 0.05) is 5.57 Å². The molecule has 0 aromatic heterocycles. The maximum atomic E-state index is 10.9. The van der Waals surface area contributed by atoms with Crippen LogP contribution in [-0.4, -0.2) is 5.91 Å². The van der Waals surface area contributed by atoms with E-state index in [2.05, 4.69) is 6.92 Å². The van der Waals surface area contributed by atoms with Crippen LogP contribution in [0, 0.1) is 11.8 Å². The summed E-state index contributed by atoms with van der Waals surface area (Å²) in [6, 6.07) is 0. The molecule has 0 radical (unpaired) electrons. The van der Waals surface area contributed by atoms with E-state index in [1.807, 2.05) is 13.0 Å². The molecule has 1 unspecified atom stereocenters. The quantitative estimate of drug-likeness (QED) is 0.691. The van der Waals surface area contributed by atoms with Gasteiger partial charge in [0.1, 0.15) is 0 Å². The lowest BCUT2D eigenvalue weighted by molar-refractivity contribution is -0.114. The van der Waals surface area contributed by atoms with Crippen LogP contribution in [0.15, 0.2) is 11.6 Å². The topological polar surface area (TPSA) is 43.1 Å². The Balaban J connectivity index is 2.51. The molecule has 0 heterocycles. The van der Waals surface area contributed by atoms with Gasteiger partial charge in [-0.1, -0.05) is 32.3 Å². The highest BCUT2D eigenvalue weighted by Gasteiger charge is 2.18. The molecule has 1 aliphatic rings. The SMILES string of the molecule is CC(=CC(C)C1CCCCC1)C(N)=O. The van der Waals surface area contributed by atoms with Crippen LogP contribution in [0.4, 0.5) is 0 Å². The highest BCUT2D eigenvalue weighted by Crippen LogP contribution is 2.30. The minimum Gasteiger partial charge on any atom is -0.366 e. The van der Waals surface area contributed by atoms with Gasteiger partial charge in [0.25, 0.3) is 0 Å². The summed E-state index contributed by atoms with van der Waals surface area (Å²) in [4.78, 5) is 10.9. The van der Waals surface area contributed by atoms with Crippen LogP contribution in [-0.2, 0) is 4.79 Å². The number of carbonyl (C=O) groups is 1. The number of carbonyl (C=O) groups excluding carboxylic acids is 1. The van der Waals surface area contributed by atoms with E-state index in [1.54, 1.807) is 0 Å². The van der Waals surface area contributed by atoms with Gasteiger partial charge in [0.05, 0.1) is 0 Å². The van der Waals surface area contributed by atoms with E-state index in [9.17, 15) is 4.79 Å². The van der Waals surface area contributed by atoms with Crippen molar-refractivity contribution in [1.82, 2.24) is 0 Å². The van der Waals surface area contributed by atoms with E-state index in [1.165, 1.54) is 32.1 Å². The predicted molar refractivity (Wildman–Crippen MR) is 58.7 cm³/mol. The number of allylic oxidation sites excluding steroid dienone is 1. The maximum absolute atomic E-state index is 10.9. The fourth-order valence-corrected chi connectivity index (χ4v) is 2.27. The molecule has 1 atom stereocenters. The third-order valence-electron chi connectivity index (χ3n) is 3.29. The Kier molecular flexibility index (Phi) is 4.18. The van der Waals surface area contributed by atoms with Crippen LogP contribution in [0.5, 0.6) is 0 Å². The number of nitrogens with two attached hydrogens (primary N) is 1. The van der Waals surface area contributed by atoms with Gasteiger partial charge in [-0.2, -0.15) is 0 Å². The molecule has 80 valence electrons. The second-order valence-electron chi connectivity index (χ2n) is 4.47. The third kappa shape index (κ3) is 3.17. The highest BCUT2D eigenvalue weighted by molar-refractivity contribution is 5.91. The maximum Gasteiger partial charge on any atom is 0.244 e. The standard InChI is InChI=1S/C12H21NO/c1-9(8-10(2)12(13)14)11-6-4-3-5-7-11/h8-9,11H,3-7H2,1-2H3,(H2,13,14). The van der Waals surface area contributed by atoms with Crippen LogP contribution < -0.4 is 5.73 Å². The first kappa shape index (κ1) is 11.3. The zero-order valence-corrected chi connectivity index (χ0v) is 9.25. The normalized spacial score (nSPS) is 22.0. The molecule has 0 bridgehead atoms. The molecule has 1 saturated carbocycles. The molecule has 1 fully saturated rings. The fraction of sp³-hybridized carbons (Fsp3) is 0.750. The molecular formula is C12H21NO. The molecule has 0 saturated heterocycles. The Morgan fingerprint density at radius 3 is 2.43 bits per heavy atom. The second-order valence-corrected chi connectivity index (χ2v) is 4.47. The summed E-state index contributed by atoms with van der Waals surface area (Å²) in [6.07, 6.45) is 8.73. The van der Waals surface area contributed by atoms with Gasteiger partial charge >= 0.3 is 0 Å². The van der Waals surface area contributed by atoms with Crippen molar-refractivity contribution in [2.45, 2.75) is 46.0 Å². The lowest BCUT2D eigenvalue weighted by Crippen LogP contribution is -2.17. The zero-order chi connectivity index (χ0) is 10.6. The summed E-state index contributed by atoms with van der Waals surface area (Å²) in [5.41, 5.74) is 5.92. The first-order chi connectivity index (χ1) is 6.61. The monoisotopic (exact) mass is 195 g/mol. The van der Waals surface area contributed by atoms with Gasteiger partial charge in [0.15, 0.2) is 0 Å².